The van der Waals surface area contributed by atoms with Crippen LogP contribution >= 0.6 is 0 Å². The number of fused-ring (bicyclic) bond motifs is 16. The number of rotatable bonds is 0. The number of pyridine rings is 2. The number of imidazole rings is 1. The fourth-order valence-corrected chi connectivity index (χ4v) is 6.65. The topological polar surface area (TPSA) is 30.2 Å². The molecule has 9 rings (SSSR count). The quantitative estimate of drug-likeness (QED) is 0.229. The standard InChI is InChI=1S/C32H19N3/c1-2-7-21-18(6-1)16-19-11-12-20-17-24-22(29(20)28(19)21)13-14-23-30(24)32-34-25-8-3-4-9-26(25)35(32)27-10-5-15-33-31(23)27/h1-15H,16-17H2. The first-order chi connectivity index (χ1) is 17.4. The number of aromatic nitrogens is 3. The fourth-order valence-electron chi connectivity index (χ4n) is 6.65. The summed E-state index contributed by atoms with van der Waals surface area (Å²) in [6.45, 7) is 0. The smallest absolute Gasteiger partial charge is 0.146 e. The van der Waals surface area contributed by atoms with Crippen molar-refractivity contribution in [1.29, 1.82) is 0 Å². The second-order valence-corrected chi connectivity index (χ2v) is 9.79. The van der Waals surface area contributed by atoms with Crippen LogP contribution in [0, 0.1) is 0 Å². The Morgan fingerprint density at radius 3 is 2.40 bits per heavy atom. The van der Waals surface area contributed by atoms with Crippen LogP contribution in [0.25, 0.3) is 60.7 Å². The van der Waals surface area contributed by atoms with E-state index in [1.807, 2.05) is 12.3 Å². The maximum atomic E-state index is 5.18. The largest absolute Gasteiger partial charge is 0.290 e. The predicted molar refractivity (Wildman–Crippen MR) is 142 cm³/mol. The van der Waals surface area contributed by atoms with Gasteiger partial charge in [0.1, 0.15) is 5.65 Å². The number of hydrogen-bond donors (Lipinski definition) is 0. The minimum atomic E-state index is 0.925. The lowest BCUT2D eigenvalue weighted by atomic mass is 9.93. The van der Waals surface area contributed by atoms with Crippen molar-refractivity contribution in [1.82, 2.24) is 14.4 Å². The molecule has 0 radical (unpaired) electrons. The number of nitrogens with zero attached hydrogens (tertiary/aromatic N) is 3. The van der Waals surface area contributed by atoms with Crippen LogP contribution in [0.2, 0.25) is 0 Å². The summed E-state index contributed by atoms with van der Waals surface area (Å²) in [6.07, 6.45) is 3.85. The molecule has 7 aromatic rings. The molecule has 4 aromatic carbocycles. The molecular weight excluding hydrogens is 426 g/mol. The zero-order valence-corrected chi connectivity index (χ0v) is 18.9. The lowest BCUT2D eigenvalue weighted by Gasteiger charge is -2.13. The van der Waals surface area contributed by atoms with Crippen LogP contribution in [0.1, 0.15) is 22.3 Å². The molecule has 0 saturated carbocycles. The molecule has 0 bridgehead atoms. The van der Waals surface area contributed by atoms with E-state index in [0.29, 0.717) is 0 Å². The van der Waals surface area contributed by atoms with E-state index in [1.54, 1.807) is 0 Å². The van der Waals surface area contributed by atoms with Crippen LogP contribution in [-0.2, 0) is 12.8 Å². The highest BCUT2D eigenvalue weighted by molar-refractivity contribution is 6.16. The maximum Gasteiger partial charge on any atom is 0.146 e. The van der Waals surface area contributed by atoms with Gasteiger partial charge < -0.3 is 0 Å². The average Bonchev–Trinajstić information content (AvgIpc) is 3.59. The third kappa shape index (κ3) is 2.12. The summed E-state index contributed by atoms with van der Waals surface area (Å²) in [5, 5.41) is 2.42. The van der Waals surface area contributed by atoms with E-state index in [-0.39, 0.29) is 0 Å². The van der Waals surface area contributed by atoms with Crippen molar-refractivity contribution in [2.45, 2.75) is 12.8 Å². The van der Waals surface area contributed by atoms with E-state index in [1.165, 1.54) is 55.3 Å². The second kappa shape index (κ2) is 6.13. The van der Waals surface area contributed by atoms with Gasteiger partial charge in [-0.2, -0.15) is 0 Å². The first-order valence-corrected chi connectivity index (χ1v) is 12.2. The highest BCUT2D eigenvalue weighted by Crippen LogP contribution is 2.51. The van der Waals surface area contributed by atoms with Crippen molar-refractivity contribution in [3.63, 3.8) is 0 Å². The summed E-state index contributed by atoms with van der Waals surface area (Å²) >= 11 is 0. The van der Waals surface area contributed by atoms with Gasteiger partial charge >= 0.3 is 0 Å². The van der Waals surface area contributed by atoms with Gasteiger partial charge in [-0.25, -0.2) is 4.98 Å². The third-order valence-corrected chi connectivity index (χ3v) is 8.06. The molecule has 0 fully saturated rings. The molecule has 2 aliphatic carbocycles. The van der Waals surface area contributed by atoms with E-state index in [4.69, 9.17) is 9.97 Å². The molecule has 0 amide bonds. The molecule has 0 unspecified atom stereocenters. The molecule has 0 spiro atoms. The van der Waals surface area contributed by atoms with Gasteiger partial charge in [0.25, 0.3) is 0 Å². The van der Waals surface area contributed by atoms with Gasteiger partial charge in [0, 0.05) is 17.0 Å². The third-order valence-electron chi connectivity index (χ3n) is 8.06. The average molecular weight is 446 g/mol. The van der Waals surface area contributed by atoms with E-state index in [0.717, 1.165) is 40.6 Å². The van der Waals surface area contributed by atoms with Gasteiger partial charge in [0.15, 0.2) is 0 Å². The summed E-state index contributed by atoms with van der Waals surface area (Å²) in [6, 6.07) is 30.8. The Balaban J connectivity index is 1.47. The van der Waals surface area contributed by atoms with Gasteiger partial charge in [-0.05, 0) is 81.6 Å². The molecule has 2 aliphatic rings. The molecule has 3 heterocycles. The SMILES string of the molecule is c1ccc2c(c1)Cc1ccc3c(c1-2)-c1ccc2c4ncccc4n4c5ccccc5nc4c2c1C3. The second-order valence-electron chi connectivity index (χ2n) is 9.79. The molecule has 162 valence electrons. The Labute approximate surface area is 201 Å². The van der Waals surface area contributed by atoms with E-state index in [2.05, 4.69) is 83.3 Å². The number of benzene rings is 4. The highest BCUT2D eigenvalue weighted by atomic mass is 15.0. The zero-order valence-electron chi connectivity index (χ0n) is 18.9. The van der Waals surface area contributed by atoms with Crippen molar-refractivity contribution in [2.75, 3.05) is 0 Å². The van der Waals surface area contributed by atoms with Crippen molar-refractivity contribution >= 4 is 38.5 Å². The van der Waals surface area contributed by atoms with Crippen molar-refractivity contribution < 1.29 is 0 Å². The van der Waals surface area contributed by atoms with Gasteiger partial charge in [0.05, 0.1) is 22.1 Å². The van der Waals surface area contributed by atoms with Crippen molar-refractivity contribution in [3.8, 4) is 22.3 Å². The van der Waals surface area contributed by atoms with Crippen LogP contribution in [0.4, 0.5) is 0 Å². The van der Waals surface area contributed by atoms with Gasteiger partial charge in [0.2, 0.25) is 0 Å². The Hall–Kier alpha value is -4.50. The number of para-hydroxylation sites is 2. The molecule has 0 saturated heterocycles. The molecular formula is C32H19N3. The molecule has 0 atom stereocenters. The normalized spacial score (nSPS) is 13.5. The summed E-state index contributed by atoms with van der Waals surface area (Å²) in [5.41, 5.74) is 16.6. The lowest BCUT2D eigenvalue weighted by molar-refractivity contribution is 1.24. The van der Waals surface area contributed by atoms with Gasteiger partial charge in [-0.1, -0.05) is 60.7 Å². The molecule has 35 heavy (non-hydrogen) atoms. The lowest BCUT2D eigenvalue weighted by Crippen LogP contribution is -1.96. The zero-order chi connectivity index (χ0) is 22.7. The van der Waals surface area contributed by atoms with Crippen molar-refractivity contribution in [2.24, 2.45) is 0 Å². The Bertz CT molecular complexity index is 2060. The minimum absolute atomic E-state index is 0.925. The van der Waals surface area contributed by atoms with E-state index >= 15 is 0 Å². The summed E-state index contributed by atoms with van der Waals surface area (Å²) in [4.78, 5) is 10.0. The monoisotopic (exact) mass is 445 g/mol. The minimum Gasteiger partial charge on any atom is -0.290 e. The van der Waals surface area contributed by atoms with Crippen LogP contribution in [-0.4, -0.2) is 14.4 Å². The first-order valence-electron chi connectivity index (χ1n) is 12.2. The molecule has 3 nitrogen and oxygen atoms in total. The van der Waals surface area contributed by atoms with Crippen LogP contribution in [0.3, 0.4) is 0 Å². The summed E-state index contributed by atoms with van der Waals surface area (Å²) < 4.78 is 2.31. The maximum absolute atomic E-state index is 5.18. The van der Waals surface area contributed by atoms with Gasteiger partial charge in [-0.3, -0.25) is 9.38 Å². The summed E-state index contributed by atoms with van der Waals surface area (Å²) in [7, 11) is 0. The Morgan fingerprint density at radius 1 is 0.629 bits per heavy atom. The van der Waals surface area contributed by atoms with Gasteiger partial charge in [-0.15, -0.1) is 0 Å². The van der Waals surface area contributed by atoms with Crippen LogP contribution in [0.5, 0.6) is 0 Å². The fraction of sp³-hybridized carbons (Fsp3) is 0.0625. The molecule has 0 N–H and O–H groups in total. The highest BCUT2D eigenvalue weighted by Gasteiger charge is 2.30. The molecule has 3 aromatic heterocycles. The molecule has 0 aliphatic heterocycles. The summed E-state index contributed by atoms with van der Waals surface area (Å²) in [5.74, 6) is 0. The van der Waals surface area contributed by atoms with Crippen LogP contribution in [0.15, 0.2) is 91.1 Å². The number of hydrogen-bond acceptors (Lipinski definition) is 2. The van der Waals surface area contributed by atoms with E-state index in [9.17, 15) is 0 Å². The van der Waals surface area contributed by atoms with Crippen LogP contribution < -0.4 is 0 Å². The van der Waals surface area contributed by atoms with Crippen molar-refractivity contribution in [3.05, 3.63) is 113 Å². The Kier molecular flexibility index (Phi) is 3.14. The van der Waals surface area contributed by atoms with E-state index < -0.39 is 0 Å². The first kappa shape index (κ1) is 17.9. The predicted octanol–water partition coefficient (Wildman–Crippen LogP) is 7.33. The molecule has 3 heteroatoms. The Morgan fingerprint density at radius 2 is 1.43 bits per heavy atom.